The Morgan fingerprint density at radius 2 is 1.85 bits per heavy atom. The Balaban J connectivity index is 4.58. The standard InChI is InChI=1S/C15H26O5/c1-6-7-10-19-14(15(3,4)5)11(2)20-13(18)9-8-12(16)17/h8-9,11,14H,6-7,10H2,1-5H3,(H,16,17). The molecule has 0 rings (SSSR count). The van der Waals surface area contributed by atoms with Crippen molar-refractivity contribution in [3.05, 3.63) is 12.2 Å². The predicted octanol–water partition coefficient (Wildman–Crippen LogP) is 2.79. The van der Waals surface area contributed by atoms with Crippen LogP contribution < -0.4 is 0 Å². The molecule has 1 N–H and O–H groups in total. The van der Waals surface area contributed by atoms with E-state index in [9.17, 15) is 9.59 Å². The molecule has 0 aromatic rings. The van der Waals surface area contributed by atoms with Gasteiger partial charge >= 0.3 is 11.9 Å². The van der Waals surface area contributed by atoms with Gasteiger partial charge in [-0.2, -0.15) is 0 Å². The molecule has 20 heavy (non-hydrogen) atoms. The van der Waals surface area contributed by atoms with Gasteiger partial charge in [0.15, 0.2) is 0 Å². The maximum Gasteiger partial charge on any atom is 0.331 e. The number of aliphatic carboxylic acids is 1. The first-order valence-corrected chi connectivity index (χ1v) is 6.91. The van der Waals surface area contributed by atoms with E-state index in [-0.39, 0.29) is 11.5 Å². The van der Waals surface area contributed by atoms with E-state index in [1.165, 1.54) is 0 Å². The summed E-state index contributed by atoms with van der Waals surface area (Å²) >= 11 is 0. The first-order valence-electron chi connectivity index (χ1n) is 6.91. The molecule has 0 aliphatic rings. The Bertz CT molecular complexity index is 341. The third kappa shape index (κ3) is 7.94. The topological polar surface area (TPSA) is 72.8 Å². The molecule has 5 heteroatoms. The summed E-state index contributed by atoms with van der Waals surface area (Å²) in [5.41, 5.74) is -0.177. The molecule has 2 atom stereocenters. The predicted molar refractivity (Wildman–Crippen MR) is 76.4 cm³/mol. The zero-order chi connectivity index (χ0) is 15.8. The number of hydrogen-bond acceptors (Lipinski definition) is 4. The highest BCUT2D eigenvalue weighted by atomic mass is 16.6. The molecular weight excluding hydrogens is 260 g/mol. The van der Waals surface area contributed by atoms with Crippen LogP contribution in [0.2, 0.25) is 0 Å². The van der Waals surface area contributed by atoms with E-state index < -0.39 is 18.0 Å². The van der Waals surface area contributed by atoms with Crippen LogP contribution in [0.5, 0.6) is 0 Å². The van der Waals surface area contributed by atoms with Gasteiger partial charge in [0.05, 0.1) is 6.10 Å². The Morgan fingerprint density at radius 1 is 1.25 bits per heavy atom. The number of carbonyl (C=O) groups is 2. The van der Waals surface area contributed by atoms with Gasteiger partial charge < -0.3 is 14.6 Å². The lowest BCUT2D eigenvalue weighted by Crippen LogP contribution is -2.41. The van der Waals surface area contributed by atoms with Crippen LogP contribution in [-0.4, -0.2) is 35.9 Å². The molecular formula is C15H26O5. The molecule has 0 aromatic carbocycles. The van der Waals surface area contributed by atoms with Crippen molar-refractivity contribution in [1.82, 2.24) is 0 Å². The highest BCUT2D eigenvalue weighted by molar-refractivity contribution is 5.90. The molecule has 0 aliphatic carbocycles. The van der Waals surface area contributed by atoms with Crippen LogP contribution in [0, 0.1) is 5.41 Å². The van der Waals surface area contributed by atoms with E-state index in [1.54, 1.807) is 6.92 Å². The molecule has 0 aromatic heterocycles. The van der Waals surface area contributed by atoms with Gasteiger partial charge in [-0.15, -0.1) is 0 Å². The van der Waals surface area contributed by atoms with Crippen LogP contribution in [0.15, 0.2) is 12.2 Å². The van der Waals surface area contributed by atoms with E-state index in [0.717, 1.165) is 25.0 Å². The highest BCUT2D eigenvalue weighted by Gasteiger charge is 2.32. The molecule has 0 amide bonds. The second-order valence-electron chi connectivity index (χ2n) is 5.82. The summed E-state index contributed by atoms with van der Waals surface area (Å²) in [6.45, 7) is 10.5. The third-order valence-corrected chi connectivity index (χ3v) is 2.74. The van der Waals surface area contributed by atoms with Crippen LogP contribution in [-0.2, 0) is 19.1 Å². The fourth-order valence-electron chi connectivity index (χ4n) is 1.87. The maximum atomic E-state index is 11.5. The quantitative estimate of drug-likeness (QED) is 0.422. The fraction of sp³-hybridized carbons (Fsp3) is 0.733. The van der Waals surface area contributed by atoms with Crippen molar-refractivity contribution in [2.24, 2.45) is 5.41 Å². The average Bonchev–Trinajstić information content (AvgIpc) is 2.30. The Kier molecular flexibility index (Phi) is 8.15. The Morgan fingerprint density at radius 3 is 2.30 bits per heavy atom. The summed E-state index contributed by atoms with van der Waals surface area (Å²) in [5, 5.41) is 8.46. The van der Waals surface area contributed by atoms with Gasteiger partial charge in [-0.05, 0) is 18.8 Å². The van der Waals surface area contributed by atoms with Crippen molar-refractivity contribution in [2.45, 2.75) is 59.7 Å². The Hall–Kier alpha value is -1.36. The van der Waals surface area contributed by atoms with Gasteiger partial charge in [0.25, 0.3) is 0 Å². The SMILES string of the molecule is CCCCOC(C(C)OC(=O)C=CC(=O)O)C(C)(C)C. The van der Waals surface area contributed by atoms with Crippen LogP contribution in [0.4, 0.5) is 0 Å². The largest absolute Gasteiger partial charge is 0.478 e. The maximum absolute atomic E-state index is 11.5. The van der Waals surface area contributed by atoms with Gasteiger partial charge in [0, 0.05) is 18.8 Å². The average molecular weight is 286 g/mol. The number of carbonyl (C=O) groups excluding carboxylic acids is 1. The summed E-state index contributed by atoms with van der Waals surface area (Å²) in [7, 11) is 0. The second-order valence-corrected chi connectivity index (χ2v) is 5.82. The van der Waals surface area contributed by atoms with Crippen LogP contribution in [0.1, 0.15) is 47.5 Å². The molecule has 0 spiro atoms. The van der Waals surface area contributed by atoms with Gasteiger partial charge in [-0.1, -0.05) is 34.1 Å². The fourth-order valence-corrected chi connectivity index (χ4v) is 1.87. The molecule has 0 bridgehead atoms. The number of rotatable bonds is 8. The lowest BCUT2D eigenvalue weighted by molar-refractivity contribution is -0.157. The summed E-state index contributed by atoms with van der Waals surface area (Å²) in [6.07, 6.45) is 2.97. The third-order valence-electron chi connectivity index (χ3n) is 2.74. The zero-order valence-electron chi connectivity index (χ0n) is 13.0. The lowest BCUT2D eigenvalue weighted by atomic mass is 9.86. The van der Waals surface area contributed by atoms with Gasteiger partial charge in [-0.25, -0.2) is 9.59 Å². The molecule has 0 saturated carbocycles. The van der Waals surface area contributed by atoms with Crippen molar-refractivity contribution < 1.29 is 24.2 Å². The summed E-state index contributed by atoms with van der Waals surface area (Å²) < 4.78 is 11.0. The Labute approximate surface area is 121 Å². The van der Waals surface area contributed by atoms with E-state index in [4.69, 9.17) is 14.6 Å². The van der Waals surface area contributed by atoms with Gasteiger partial charge in [0.2, 0.25) is 0 Å². The van der Waals surface area contributed by atoms with Crippen molar-refractivity contribution in [2.75, 3.05) is 6.61 Å². The lowest BCUT2D eigenvalue weighted by Gasteiger charge is -2.34. The normalized spacial score (nSPS) is 15.1. The molecule has 116 valence electrons. The monoisotopic (exact) mass is 286 g/mol. The molecule has 0 saturated heterocycles. The number of carboxylic acid groups (broad SMARTS) is 1. The summed E-state index contributed by atoms with van der Waals surface area (Å²) in [4.78, 5) is 21.8. The van der Waals surface area contributed by atoms with E-state index in [0.29, 0.717) is 6.61 Å². The van der Waals surface area contributed by atoms with Crippen molar-refractivity contribution in [3.63, 3.8) is 0 Å². The van der Waals surface area contributed by atoms with E-state index >= 15 is 0 Å². The van der Waals surface area contributed by atoms with Crippen LogP contribution in [0.3, 0.4) is 0 Å². The van der Waals surface area contributed by atoms with Crippen molar-refractivity contribution in [3.8, 4) is 0 Å². The number of ether oxygens (including phenoxy) is 2. The number of unbranched alkanes of at least 4 members (excludes halogenated alkanes) is 1. The first-order chi connectivity index (χ1) is 9.18. The molecule has 0 heterocycles. The molecule has 0 radical (unpaired) electrons. The second kappa shape index (κ2) is 8.74. The highest BCUT2D eigenvalue weighted by Crippen LogP contribution is 2.27. The zero-order valence-corrected chi connectivity index (χ0v) is 13.0. The minimum atomic E-state index is -1.18. The minimum Gasteiger partial charge on any atom is -0.478 e. The van der Waals surface area contributed by atoms with Gasteiger partial charge in [-0.3, -0.25) is 0 Å². The number of hydrogen-bond donors (Lipinski definition) is 1. The summed E-state index contributed by atoms with van der Waals surface area (Å²) in [6, 6.07) is 0. The molecule has 2 unspecified atom stereocenters. The smallest absolute Gasteiger partial charge is 0.331 e. The molecule has 5 nitrogen and oxygen atoms in total. The first kappa shape index (κ1) is 18.6. The minimum absolute atomic E-state index is 0.177. The summed E-state index contributed by atoms with van der Waals surface area (Å²) in [5.74, 6) is -1.85. The molecule has 0 aliphatic heterocycles. The van der Waals surface area contributed by atoms with Crippen LogP contribution in [0.25, 0.3) is 0 Å². The van der Waals surface area contributed by atoms with Crippen molar-refractivity contribution in [1.29, 1.82) is 0 Å². The van der Waals surface area contributed by atoms with E-state index in [2.05, 4.69) is 6.92 Å². The van der Waals surface area contributed by atoms with Crippen LogP contribution >= 0.6 is 0 Å². The van der Waals surface area contributed by atoms with E-state index in [1.807, 2.05) is 20.8 Å². The number of carboxylic acids is 1. The molecule has 0 fully saturated rings. The van der Waals surface area contributed by atoms with Gasteiger partial charge in [0.1, 0.15) is 6.10 Å². The van der Waals surface area contributed by atoms with Crippen molar-refractivity contribution >= 4 is 11.9 Å². The number of esters is 1.